The molecule has 7 nitrogen and oxygen atoms in total. The SMILES string of the molecule is Cc1cccc(C)c1N1C[C@@H](C(=O)OCC(=O)c2ccc(OC(=O)c3cccs3)cc2)CC1=O. The largest absolute Gasteiger partial charge is 0.457 e. The lowest BCUT2D eigenvalue weighted by atomic mass is 10.1. The predicted octanol–water partition coefficient (Wildman–Crippen LogP) is 4.36. The number of rotatable bonds is 7. The first-order valence-electron chi connectivity index (χ1n) is 10.8. The van der Waals surface area contributed by atoms with Gasteiger partial charge in [-0.15, -0.1) is 11.3 Å². The molecule has 1 atom stereocenters. The lowest BCUT2D eigenvalue weighted by molar-refractivity contribution is -0.147. The number of hydrogen-bond donors (Lipinski definition) is 0. The van der Waals surface area contributed by atoms with Gasteiger partial charge in [0.05, 0.1) is 5.92 Å². The van der Waals surface area contributed by atoms with E-state index >= 15 is 0 Å². The van der Waals surface area contributed by atoms with Gasteiger partial charge in [0.1, 0.15) is 10.6 Å². The minimum atomic E-state index is -0.627. The van der Waals surface area contributed by atoms with Crippen LogP contribution in [0.4, 0.5) is 5.69 Å². The Bertz CT molecular complexity index is 1210. The lowest BCUT2D eigenvalue weighted by Gasteiger charge is -2.21. The Labute approximate surface area is 200 Å². The Kier molecular flexibility index (Phi) is 6.88. The zero-order valence-electron chi connectivity index (χ0n) is 18.8. The van der Waals surface area contributed by atoms with Gasteiger partial charge < -0.3 is 14.4 Å². The molecule has 0 unspecified atom stereocenters. The molecule has 8 heteroatoms. The highest BCUT2D eigenvalue weighted by atomic mass is 32.1. The molecular formula is C26H23NO6S. The molecule has 0 spiro atoms. The van der Waals surface area contributed by atoms with Crippen molar-refractivity contribution in [2.75, 3.05) is 18.1 Å². The summed E-state index contributed by atoms with van der Waals surface area (Å²) in [4.78, 5) is 51.7. The summed E-state index contributed by atoms with van der Waals surface area (Å²) < 4.78 is 10.5. The maximum Gasteiger partial charge on any atom is 0.353 e. The molecule has 1 aliphatic heterocycles. The Morgan fingerprint density at radius 3 is 2.35 bits per heavy atom. The van der Waals surface area contributed by atoms with Crippen LogP contribution >= 0.6 is 11.3 Å². The number of benzene rings is 2. The molecule has 2 heterocycles. The predicted molar refractivity (Wildman–Crippen MR) is 127 cm³/mol. The zero-order valence-corrected chi connectivity index (χ0v) is 19.6. The summed E-state index contributed by atoms with van der Waals surface area (Å²) in [7, 11) is 0. The Morgan fingerprint density at radius 2 is 1.71 bits per heavy atom. The van der Waals surface area contributed by atoms with E-state index in [4.69, 9.17) is 9.47 Å². The molecule has 0 N–H and O–H groups in total. The molecule has 0 saturated carbocycles. The number of aryl methyl sites for hydroxylation is 2. The van der Waals surface area contributed by atoms with Crippen LogP contribution in [-0.4, -0.2) is 36.8 Å². The van der Waals surface area contributed by atoms with E-state index in [1.807, 2.05) is 32.0 Å². The maximum absolute atomic E-state index is 12.6. The molecule has 0 radical (unpaired) electrons. The molecule has 0 aliphatic carbocycles. The number of para-hydroxylation sites is 1. The van der Waals surface area contributed by atoms with Gasteiger partial charge in [0.25, 0.3) is 0 Å². The van der Waals surface area contributed by atoms with Crippen LogP contribution in [-0.2, 0) is 14.3 Å². The van der Waals surface area contributed by atoms with Crippen molar-refractivity contribution in [3.63, 3.8) is 0 Å². The minimum Gasteiger partial charge on any atom is -0.457 e. The van der Waals surface area contributed by atoms with Crippen LogP contribution < -0.4 is 9.64 Å². The smallest absolute Gasteiger partial charge is 0.353 e. The first-order chi connectivity index (χ1) is 16.3. The van der Waals surface area contributed by atoms with Crippen LogP contribution in [0, 0.1) is 19.8 Å². The van der Waals surface area contributed by atoms with Crippen LogP contribution in [0.25, 0.3) is 0 Å². The summed E-state index contributed by atoms with van der Waals surface area (Å²) in [5, 5.41) is 1.78. The van der Waals surface area contributed by atoms with E-state index in [1.165, 1.54) is 35.6 Å². The van der Waals surface area contributed by atoms with Gasteiger partial charge in [0.15, 0.2) is 12.4 Å². The van der Waals surface area contributed by atoms with Crippen LogP contribution in [0.2, 0.25) is 0 Å². The molecule has 2 aromatic carbocycles. The molecule has 4 rings (SSSR count). The molecule has 3 aromatic rings. The Balaban J connectivity index is 1.31. The van der Waals surface area contributed by atoms with Crippen molar-refractivity contribution in [2.45, 2.75) is 20.3 Å². The number of nitrogens with zero attached hydrogens (tertiary/aromatic N) is 1. The standard InChI is InChI=1S/C26H23NO6S/c1-16-5-3-6-17(2)24(16)27-14-19(13-23(27)29)25(30)32-15-21(28)18-8-10-20(11-9-18)33-26(31)22-7-4-12-34-22/h3-12,19H,13-15H2,1-2H3/t19-/m0/s1. The topological polar surface area (TPSA) is 90.0 Å². The van der Waals surface area contributed by atoms with Crippen LogP contribution in [0.15, 0.2) is 60.0 Å². The minimum absolute atomic E-state index is 0.0467. The van der Waals surface area contributed by atoms with E-state index in [0.29, 0.717) is 16.2 Å². The van der Waals surface area contributed by atoms with Gasteiger partial charge in [-0.05, 0) is 60.7 Å². The van der Waals surface area contributed by atoms with E-state index < -0.39 is 24.5 Å². The molecule has 1 amide bonds. The summed E-state index contributed by atoms with van der Waals surface area (Å²) >= 11 is 1.28. The average molecular weight is 478 g/mol. The van der Waals surface area contributed by atoms with E-state index in [0.717, 1.165) is 16.8 Å². The number of anilines is 1. The summed E-state index contributed by atoms with van der Waals surface area (Å²) in [5.41, 5.74) is 3.06. The van der Waals surface area contributed by atoms with Gasteiger partial charge in [-0.2, -0.15) is 0 Å². The monoisotopic (exact) mass is 477 g/mol. The number of amides is 1. The number of ether oxygens (including phenoxy) is 2. The maximum atomic E-state index is 12.6. The van der Waals surface area contributed by atoms with Crippen LogP contribution in [0.3, 0.4) is 0 Å². The van der Waals surface area contributed by atoms with Gasteiger partial charge in [0.2, 0.25) is 5.91 Å². The third kappa shape index (κ3) is 5.07. The van der Waals surface area contributed by atoms with E-state index in [9.17, 15) is 19.2 Å². The van der Waals surface area contributed by atoms with Crippen LogP contribution in [0.1, 0.15) is 37.6 Å². The summed E-state index contributed by atoms with van der Waals surface area (Å²) in [6, 6.07) is 15.2. The number of thiophene rings is 1. The van der Waals surface area contributed by atoms with E-state index in [2.05, 4.69) is 0 Å². The fourth-order valence-electron chi connectivity index (χ4n) is 3.91. The second-order valence-corrected chi connectivity index (χ2v) is 9.02. The second kappa shape index (κ2) is 10.0. The highest BCUT2D eigenvalue weighted by Gasteiger charge is 2.37. The van der Waals surface area contributed by atoms with E-state index in [1.54, 1.807) is 22.4 Å². The molecule has 1 aliphatic rings. The number of esters is 2. The fraction of sp³-hybridized carbons (Fsp3) is 0.231. The molecule has 1 saturated heterocycles. The normalized spacial score (nSPS) is 15.3. The number of hydrogen-bond acceptors (Lipinski definition) is 7. The Hall–Kier alpha value is -3.78. The van der Waals surface area contributed by atoms with Gasteiger partial charge >= 0.3 is 11.9 Å². The van der Waals surface area contributed by atoms with Gasteiger partial charge in [-0.1, -0.05) is 24.3 Å². The number of carbonyl (C=O) groups is 4. The van der Waals surface area contributed by atoms with Crippen molar-refractivity contribution < 1.29 is 28.7 Å². The van der Waals surface area contributed by atoms with Crippen molar-refractivity contribution in [1.82, 2.24) is 0 Å². The van der Waals surface area contributed by atoms with Crippen molar-refractivity contribution >= 4 is 40.7 Å². The first kappa shape index (κ1) is 23.4. The van der Waals surface area contributed by atoms with Crippen LogP contribution in [0.5, 0.6) is 5.75 Å². The highest BCUT2D eigenvalue weighted by molar-refractivity contribution is 7.12. The third-order valence-electron chi connectivity index (χ3n) is 5.62. The molecule has 0 bridgehead atoms. The number of carbonyl (C=O) groups excluding carboxylic acids is 4. The van der Waals surface area contributed by atoms with Gasteiger partial charge in [-0.3, -0.25) is 14.4 Å². The number of ketones is 1. The van der Waals surface area contributed by atoms with Crippen molar-refractivity contribution in [2.24, 2.45) is 5.92 Å². The van der Waals surface area contributed by atoms with Crippen molar-refractivity contribution in [3.8, 4) is 5.75 Å². The summed E-state index contributed by atoms with van der Waals surface area (Å²) in [5.74, 6) is -1.89. The summed E-state index contributed by atoms with van der Waals surface area (Å²) in [6.07, 6.45) is 0.0467. The highest BCUT2D eigenvalue weighted by Crippen LogP contribution is 2.31. The molecule has 174 valence electrons. The molecule has 1 aromatic heterocycles. The molecule has 34 heavy (non-hydrogen) atoms. The quantitative estimate of drug-likeness (QED) is 0.285. The third-order valence-corrected chi connectivity index (χ3v) is 6.47. The summed E-state index contributed by atoms with van der Waals surface area (Å²) in [6.45, 7) is 3.64. The van der Waals surface area contributed by atoms with Gasteiger partial charge in [0, 0.05) is 24.2 Å². The lowest BCUT2D eigenvalue weighted by Crippen LogP contribution is -2.28. The number of Topliss-reactive ketones (excluding diaryl/α,β-unsaturated/α-hetero) is 1. The van der Waals surface area contributed by atoms with Crippen molar-refractivity contribution in [3.05, 3.63) is 81.5 Å². The molecule has 1 fully saturated rings. The molecular weight excluding hydrogens is 454 g/mol. The zero-order chi connectivity index (χ0) is 24.2. The second-order valence-electron chi connectivity index (χ2n) is 8.07. The fourth-order valence-corrected chi connectivity index (χ4v) is 4.51. The average Bonchev–Trinajstić information content (AvgIpc) is 3.48. The van der Waals surface area contributed by atoms with Gasteiger partial charge in [-0.25, -0.2) is 4.79 Å². The first-order valence-corrected chi connectivity index (χ1v) is 11.6. The van der Waals surface area contributed by atoms with Crippen molar-refractivity contribution in [1.29, 1.82) is 0 Å². The van der Waals surface area contributed by atoms with E-state index in [-0.39, 0.29) is 24.7 Å². The Morgan fingerprint density at radius 1 is 1.00 bits per heavy atom.